The van der Waals surface area contributed by atoms with Gasteiger partial charge in [0.25, 0.3) is 0 Å². The molecule has 1 N–H and O–H groups in total. The van der Waals surface area contributed by atoms with Crippen molar-refractivity contribution in [1.29, 1.82) is 5.41 Å². The van der Waals surface area contributed by atoms with Gasteiger partial charge < -0.3 is 13.7 Å². The van der Waals surface area contributed by atoms with Gasteiger partial charge in [-0.25, -0.2) is 4.98 Å². The van der Waals surface area contributed by atoms with Gasteiger partial charge in [0.05, 0.1) is 17.7 Å². The Balaban J connectivity index is 1.80. The molecule has 2 aromatic carbocycles. The van der Waals surface area contributed by atoms with Gasteiger partial charge in [-0.05, 0) is 23.4 Å². The lowest BCUT2D eigenvalue weighted by molar-refractivity contribution is 0.404. The summed E-state index contributed by atoms with van der Waals surface area (Å²) in [4.78, 5) is 4.58. The van der Waals surface area contributed by atoms with Crippen molar-refractivity contribution in [3.63, 3.8) is 0 Å². The Labute approximate surface area is 162 Å². The van der Waals surface area contributed by atoms with Crippen molar-refractivity contribution in [1.82, 2.24) is 9.55 Å². The van der Waals surface area contributed by atoms with Gasteiger partial charge in [-0.1, -0.05) is 50.2 Å². The summed E-state index contributed by atoms with van der Waals surface area (Å²) in [5, 5.41) is 11.0. The van der Waals surface area contributed by atoms with E-state index in [1.807, 2.05) is 28.8 Å². The van der Waals surface area contributed by atoms with E-state index in [2.05, 4.69) is 43.1 Å². The summed E-state index contributed by atoms with van der Waals surface area (Å²) in [6.07, 6.45) is 3.38. The van der Waals surface area contributed by atoms with Crippen molar-refractivity contribution in [2.45, 2.75) is 26.3 Å². The molecular formula is C23H21N3O2. The van der Waals surface area contributed by atoms with E-state index >= 15 is 0 Å². The second kappa shape index (κ2) is 6.37. The van der Waals surface area contributed by atoms with Gasteiger partial charge in [0, 0.05) is 17.5 Å². The average molecular weight is 371 g/mol. The highest BCUT2D eigenvalue weighted by atomic mass is 16.5. The topological polar surface area (TPSA) is 64.0 Å². The molecule has 5 nitrogen and oxygen atoms in total. The van der Waals surface area contributed by atoms with Crippen LogP contribution in [0.3, 0.4) is 0 Å². The molecule has 0 aliphatic carbocycles. The quantitative estimate of drug-likeness (QED) is 0.483. The predicted molar refractivity (Wildman–Crippen MR) is 107 cm³/mol. The van der Waals surface area contributed by atoms with Crippen molar-refractivity contribution in [3.8, 4) is 11.6 Å². The molecule has 0 amide bonds. The second-order valence-electron chi connectivity index (χ2n) is 7.61. The lowest BCUT2D eigenvalue weighted by Gasteiger charge is -2.28. The summed E-state index contributed by atoms with van der Waals surface area (Å²) < 4.78 is 14.0. The first kappa shape index (κ1) is 16.8. The van der Waals surface area contributed by atoms with Crippen LogP contribution >= 0.6 is 0 Å². The summed E-state index contributed by atoms with van der Waals surface area (Å²) in [6.45, 7) is 5.00. The Morgan fingerprint density at radius 2 is 1.96 bits per heavy atom. The number of ether oxygens (including phenoxy) is 1. The molecule has 1 aliphatic heterocycles. The highest BCUT2D eigenvalue weighted by molar-refractivity contribution is 5.91. The molecule has 0 saturated heterocycles. The zero-order chi connectivity index (χ0) is 19.3. The Hall–Kier alpha value is -3.34. The van der Waals surface area contributed by atoms with Crippen LogP contribution < -0.4 is 10.2 Å². The standard InChI is InChI=1S/C23H21N3O2/c1-14(2)12-26-13-25-23-20(22(26)24)19(18-8-5-11-27-18)17-10-9-15-6-3-4-7-16(15)21(17)28-23/h3-11,13-14,19,24H,12H2,1-2H3. The first-order chi connectivity index (χ1) is 13.6. The number of aromatic nitrogens is 2. The minimum absolute atomic E-state index is 0.224. The highest BCUT2D eigenvalue weighted by Crippen LogP contribution is 2.47. The van der Waals surface area contributed by atoms with Gasteiger partial charge in [-0.15, -0.1) is 0 Å². The number of rotatable bonds is 3. The van der Waals surface area contributed by atoms with E-state index in [0.717, 1.165) is 40.0 Å². The minimum atomic E-state index is -0.224. The molecule has 0 bridgehead atoms. The number of hydrogen-bond acceptors (Lipinski definition) is 4. The first-order valence-electron chi connectivity index (χ1n) is 9.50. The van der Waals surface area contributed by atoms with Crippen molar-refractivity contribution in [2.75, 3.05) is 0 Å². The van der Waals surface area contributed by atoms with E-state index in [1.165, 1.54) is 0 Å². The average Bonchev–Trinajstić information content (AvgIpc) is 3.22. The molecule has 1 unspecified atom stereocenters. The summed E-state index contributed by atoms with van der Waals surface area (Å²) in [5.74, 6) is 2.25. The first-order valence-corrected chi connectivity index (χ1v) is 9.50. The van der Waals surface area contributed by atoms with Crippen LogP contribution in [0.15, 0.2) is 65.5 Å². The molecular weight excluding hydrogens is 350 g/mol. The molecule has 28 heavy (non-hydrogen) atoms. The molecule has 0 spiro atoms. The molecule has 0 saturated carbocycles. The molecule has 0 radical (unpaired) electrons. The van der Waals surface area contributed by atoms with Crippen molar-refractivity contribution >= 4 is 10.8 Å². The van der Waals surface area contributed by atoms with Crippen LogP contribution in [-0.2, 0) is 6.54 Å². The third kappa shape index (κ3) is 2.54. The monoisotopic (exact) mass is 371 g/mol. The Morgan fingerprint density at radius 3 is 2.75 bits per heavy atom. The SMILES string of the molecule is CC(C)Cn1cnc2c(c1=N)C(c1ccco1)c1ccc3ccccc3c1O2. The summed E-state index contributed by atoms with van der Waals surface area (Å²) in [5.41, 5.74) is 2.17. The molecule has 5 heteroatoms. The fraction of sp³-hybridized carbons (Fsp3) is 0.217. The van der Waals surface area contributed by atoms with Crippen molar-refractivity contribution in [3.05, 3.63) is 83.5 Å². The van der Waals surface area contributed by atoms with Gasteiger partial charge in [0.1, 0.15) is 23.3 Å². The fourth-order valence-electron chi connectivity index (χ4n) is 3.98. The molecule has 2 aromatic heterocycles. The summed E-state index contributed by atoms with van der Waals surface area (Å²) in [7, 11) is 0. The number of furan rings is 1. The van der Waals surface area contributed by atoms with Gasteiger partial charge in [0.2, 0.25) is 5.88 Å². The van der Waals surface area contributed by atoms with Crippen LogP contribution in [0.4, 0.5) is 0 Å². The summed E-state index contributed by atoms with van der Waals surface area (Å²) >= 11 is 0. The highest BCUT2D eigenvalue weighted by Gasteiger charge is 2.34. The Kier molecular flexibility index (Phi) is 3.83. The molecule has 5 rings (SSSR count). The van der Waals surface area contributed by atoms with Gasteiger partial charge >= 0.3 is 0 Å². The molecule has 4 aromatic rings. The minimum Gasteiger partial charge on any atom is -0.468 e. The van der Waals surface area contributed by atoms with Crippen LogP contribution in [0.1, 0.15) is 36.7 Å². The summed E-state index contributed by atoms with van der Waals surface area (Å²) in [6, 6.07) is 16.2. The van der Waals surface area contributed by atoms with E-state index < -0.39 is 0 Å². The van der Waals surface area contributed by atoms with Crippen LogP contribution in [0.2, 0.25) is 0 Å². The largest absolute Gasteiger partial charge is 0.468 e. The maximum atomic E-state index is 8.86. The van der Waals surface area contributed by atoms with Crippen LogP contribution in [-0.4, -0.2) is 9.55 Å². The number of nitrogens with zero attached hydrogens (tertiary/aromatic N) is 2. The number of benzene rings is 2. The molecule has 1 aliphatic rings. The van der Waals surface area contributed by atoms with E-state index in [4.69, 9.17) is 14.6 Å². The molecule has 1 atom stereocenters. The van der Waals surface area contributed by atoms with Crippen LogP contribution in [0.5, 0.6) is 11.6 Å². The zero-order valence-corrected chi connectivity index (χ0v) is 15.8. The third-order valence-corrected chi connectivity index (χ3v) is 5.19. The fourth-order valence-corrected chi connectivity index (χ4v) is 3.98. The van der Waals surface area contributed by atoms with E-state index in [1.54, 1.807) is 12.6 Å². The Bertz CT molecular complexity index is 1220. The maximum Gasteiger partial charge on any atom is 0.228 e. The van der Waals surface area contributed by atoms with Crippen molar-refractivity contribution < 1.29 is 9.15 Å². The van der Waals surface area contributed by atoms with Crippen LogP contribution in [0.25, 0.3) is 10.8 Å². The lowest BCUT2D eigenvalue weighted by Crippen LogP contribution is -2.30. The predicted octanol–water partition coefficient (Wildman–Crippen LogP) is 5.05. The van der Waals surface area contributed by atoms with Gasteiger partial charge in [-0.2, -0.15) is 0 Å². The third-order valence-electron chi connectivity index (χ3n) is 5.19. The number of nitrogens with one attached hydrogen (secondary N) is 1. The van der Waals surface area contributed by atoms with Crippen molar-refractivity contribution in [2.24, 2.45) is 5.92 Å². The molecule has 3 heterocycles. The van der Waals surface area contributed by atoms with E-state index in [-0.39, 0.29) is 5.92 Å². The molecule has 140 valence electrons. The smallest absolute Gasteiger partial charge is 0.228 e. The van der Waals surface area contributed by atoms with Gasteiger partial charge in [0.15, 0.2) is 0 Å². The second-order valence-corrected chi connectivity index (χ2v) is 7.61. The number of fused-ring (bicyclic) bond motifs is 4. The van der Waals surface area contributed by atoms with Crippen LogP contribution in [0, 0.1) is 11.3 Å². The molecule has 0 fully saturated rings. The zero-order valence-electron chi connectivity index (χ0n) is 15.8. The van der Waals surface area contributed by atoms with E-state index in [9.17, 15) is 0 Å². The maximum absolute atomic E-state index is 8.86. The normalized spacial score (nSPS) is 15.3. The Morgan fingerprint density at radius 1 is 1.11 bits per heavy atom. The van der Waals surface area contributed by atoms with Gasteiger partial charge in [-0.3, -0.25) is 5.41 Å². The lowest BCUT2D eigenvalue weighted by atomic mass is 9.86. The number of hydrogen-bond donors (Lipinski definition) is 1. The van der Waals surface area contributed by atoms with E-state index in [0.29, 0.717) is 17.3 Å².